The van der Waals surface area contributed by atoms with E-state index in [4.69, 9.17) is 0 Å². The Labute approximate surface area is 155 Å². The van der Waals surface area contributed by atoms with E-state index in [-0.39, 0.29) is 42.5 Å². The molecular weight excluding hydrogens is 386 g/mol. The number of anilines is 1. The number of likely N-dealkylation sites (tertiary alicyclic amines) is 1. The van der Waals surface area contributed by atoms with Crippen LogP contribution in [0.5, 0.6) is 0 Å². The van der Waals surface area contributed by atoms with Crippen LogP contribution in [0.15, 0.2) is 22.8 Å². The second-order valence-corrected chi connectivity index (χ2v) is 7.46. The quantitative estimate of drug-likeness (QED) is 0.703. The number of hydrogen-bond donors (Lipinski definition) is 0. The van der Waals surface area contributed by atoms with Gasteiger partial charge in [-0.2, -0.15) is 0 Å². The van der Waals surface area contributed by atoms with E-state index in [1.54, 1.807) is 17.2 Å². The molecule has 2 aliphatic rings. The molecule has 1 aromatic heterocycles. The fourth-order valence-electron chi connectivity index (χ4n) is 3.79. The number of imide groups is 1. The van der Waals surface area contributed by atoms with Crippen molar-refractivity contribution in [2.75, 3.05) is 18.0 Å². The molecule has 0 aromatic carbocycles. The highest BCUT2D eigenvalue weighted by molar-refractivity contribution is 9.10. The predicted molar refractivity (Wildman–Crippen MR) is 96.7 cm³/mol. The van der Waals surface area contributed by atoms with Gasteiger partial charge in [0, 0.05) is 30.2 Å². The van der Waals surface area contributed by atoms with Gasteiger partial charge >= 0.3 is 0 Å². The fraction of sp³-hybridized carbons (Fsp3) is 0.556. The average molecular weight is 408 g/mol. The first kappa shape index (κ1) is 18.0. The summed E-state index contributed by atoms with van der Waals surface area (Å²) in [6, 6.07) is 3.60. The molecule has 2 fully saturated rings. The maximum absolute atomic E-state index is 12.6. The molecule has 1 saturated heterocycles. The third-order valence-electron chi connectivity index (χ3n) is 5.09. The van der Waals surface area contributed by atoms with Gasteiger partial charge < -0.3 is 0 Å². The van der Waals surface area contributed by atoms with E-state index in [0.29, 0.717) is 12.4 Å². The number of hydrogen-bond acceptors (Lipinski definition) is 4. The summed E-state index contributed by atoms with van der Waals surface area (Å²) < 4.78 is 0.843. The summed E-state index contributed by atoms with van der Waals surface area (Å²) in [5.74, 6) is -0.0607. The standard InChI is InChI=1S/C18H22BrN3O3/c1-2-21(15-8-7-12(19)11-20-15)16(23)9-10-22-17(24)13-5-3-4-6-14(13)18(22)25/h7-8,11,13-14H,2-6,9-10H2,1H3. The second kappa shape index (κ2) is 7.64. The Balaban J connectivity index is 1.64. The molecule has 1 aliphatic carbocycles. The number of carbonyl (C=O) groups excluding carboxylic acids is 3. The highest BCUT2D eigenvalue weighted by Crippen LogP contribution is 2.38. The maximum atomic E-state index is 12.6. The van der Waals surface area contributed by atoms with Crippen LogP contribution in [0.25, 0.3) is 0 Å². The smallest absolute Gasteiger partial charge is 0.233 e. The molecule has 6 nitrogen and oxygen atoms in total. The van der Waals surface area contributed by atoms with Crippen LogP contribution in [0.2, 0.25) is 0 Å². The van der Waals surface area contributed by atoms with E-state index in [2.05, 4.69) is 20.9 Å². The minimum atomic E-state index is -0.160. The molecule has 25 heavy (non-hydrogen) atoms. The third kappa shape index (κ3) is 3.61. The lowest BCUT2D eigenvalue weighted by molar-refractivity contribution is -0.140. The lowest BCUT2D eigenvalue weighted by Crippen LogP contribution is -2.37. The van der Waals surface area contributed by atoms with Crippen molar-refractivity contribution in [2.24, 2.45) is 11.8 Å². The first-order valence-corrected chi connectivity index (χ1v) is 9.59. The first-order valence-electron chi connectivity index (χ1n) is 8.80. The Morgan fingerprint density at radius 3 is 2.40 bits per heavy atom. The van der Waals surface area contributed by atoms with Crippen molar-refractivity contribution in [1.82, 2.24) is 9.88 Å². The highest BCUT2D eigenvalue weighted by atomic mass is 79.9. The van der Waals surface area contributed by atoms with E-state index in [0.717, 1.165) is 30.2 Å². The number of nitrogens with zero attached hydrogens (tertiary/aromatic N) is 3. The average Bonchev–Trinajstić information content (AvgIpc) is 2.87. The lowest BCUT2D eigenvalue weighted by atomic mass is 9.81. The summed E-state index contributed by atoms with van der Waals surface area (Å²) in [7, 11) is 0. The number of amides is 3. The molecule has 2 heterocycles. The monoisotopic (exact) mass is 407 g/mol. The number of carbonyl (C=O) groups is 3. The largest absolute Gasteiger partial charge is 0.297 e. The molecule has 0 bridgehead atoms. The van der Waals surface area contributed by atoms with Gasteiger partial charge in [-0.25, -0.2) is 4.98 Å². The summed E-state index contributed by atoms with van der Waals surface area (Å²) in [6.07, 6.45) is 5.37. The molecule has 0 N–H and O–H groups in total. The van der Waals surface area contributed by atoms with Crippen LogP contribution in [0.3, 0.4) is 0 Å². The maximum Gasteiger partial charge on any atom is 0.233 e. The van der Waals surface area contributed by atoms with Crippen LogP contribution >= 0.6 is 15.9 Å². The van der Waals surface area contributed by atoms with E-state index in [1.807, 2.05) is 13.0 Å². The van der Waals surface area contributed by atoms with Gasteiger partial charge in [0.25, 0.3) is 0 Å². The van der Waals surface area contributed by atoms with Crippen molar-refractivity contribution >= 4 is 39.5 Å². The van der Waals surface area contributed by atoms with Crippen molar-refractivity contribution in [3.8, 4) is 0 Å². The van der Waals surface area contributed by atoms with Gasteiger partial charge in [-0.1, -0.05) is 12.8 Å². The predicted octanol–water partition coefficient (Wildman–Crippen LogP) is 2.76. The van der Waals surface area contributed by atoms with Crippen molar-refractivity contribution in [1.29, 1.82) is 0 Å². The molecule has 2 unspecified atom stereocenters. The van der Waals surface area contributed by atoms with Gasteiger partial charge in [0.15, 0.2) is 0 Å². The van der Waals surface area contributed by atoms with Gasteiger partial charge in [-0.05, 0) is 47.8 Å². The Morgan fingerprint density at radius 1 is 1.24 bits per heavy atom. The topological polar surface area (TPSA) is 70.6 Å². The van der Waals surface area contributed by atoms with Crippen molar-refractivity contribution in [3.63, 3.8) is 0 Å². The summed E-state index contributed by atoms with van der Waals surface area (Å²) in [5, 5.41) is 0. The van der Waals surface area contributed by atoms with Crippen molar-refractivity contribution in [3.05, 3.63) is 22.8 Å². The van der Waals surface area contributed by atoms with E-state index in [1.165, 1.54) is 4.90 Å². The normalized spacial score (nSPS) is 22.9. The zero-order chi connectivity index (χ0) is 18.0. The number of aromatic nitrogens is 1. The van der Waals surface area contributed by atoms with E-state index >= 15 is 0 Å². The van der Waals surface area contributed by atoms with Gasteiger partial charge in [0.2, 0.25) is 17.7 Å². The van der Waals surface area contributed by atoms with E-state index < -0.39 is 0 Å². The van der Waals surface area contributed by atoms with Crippen molar-refractivity contribution < 1.29 is 14.4 Å². The summed E-state index contributed by atoms with van der Waals surface area (Å²) >= 11 is 3.32. The zero-order valence-electron chi connectivity index (χ0n) is 14.3. The molecule has 3 amide bonds. The van der Waals surface area contributed by atoms with Crippen LogP contribution in [-0.2, 0) is 14.4 Å². The minimum Gasteiger partial charge on any atom is -0.297 e. The highest BCUT2D eigenvalue weighted by Gasteiger charge is 2.47. The van der Waals surface area contributed by atoms with Crippen LogP contribution in [-0.4, -0.2) is 40.7 Å². The second-order valence-electron chi connectivity index (χ2n) is 6.55. The van der Waals surface area contributed by atoms with Crippen LogP contribution < -0.4 is 4.90 Å². The Kier molecular flexibility index (Phi) is 5.51. The van der Waals surface area contributed by atoms with Gasteiger partial charge in [-0.15, -0.1) is 0 Å². The summed E-state index contributed by atoms with van der Waals surface area (Å²) in [4.78, 5) is 44.6. The van der Waals surface area contributed by atoms with Crippen LogP contribution in [0.1, 0.15) is 39.0 Å². The van der Waals surface area contributed by atoms with Gasteiger partial charge in [0.05, 0.1) is 11.8 Å². The number of rotatable bonds is 5. The van der Waals surface area contributed by atoms with E-state index in [9.17, 15) is 14.4 Å². The molecule has 2 atom stereocenters. The number of halogens is 1. The van der Waals surface area contributed by atoms with Crippen LogP contribution in [0.4, 0.5) is 5.82 Å². The molecule has 0 spiro atoms. The number of fused-ring (bicyclic) bond motifs is 1. The summed E-state index contributed by atoms with van der Waals surface area (Å²) in [5.41, 5.74) is 0. The zero-order valence-corrected chi connectivity index (χ0v) is 15.9. The summed E-state index contributed by atoms with van der Waals surface area (Å²) in [6.45, 7) is 2.53. The first-order chi connectivity index (χ1) is 12.0. The van der Waals surface area contributed by atoms with Crippen molar-refractivity contribution in [2.45, 2.75) is 39.0 Å². The minimum absolute atomic E-state index is 0.0904. The SMILES string of the molecule is CCN(C(=O)CCN1C(=O)C2CCCCC2C1=O)c1ccc(Br)cn1. The number of pyridine rings is 1. The molecule has 7 heteroatoms. The molecule has 3 rings (SSSR count). The Hall–Kier alpha value is -1.76. The lowest BCUT2D eigenvalue weighted by Gasteiger charge is -2.21. The molecule has 1 aliphatic heterocycles. The molecule has 0 radical (unpaired) electrons. The Morgan fingerprint density at radius 2 is 1.88 bits per heavy atom. The Bertz CT molecular complexity index is 653. The van der Waals surface area contributed by atoms with Crippen LogP contribution in [0, 0.1) is 11.8 Å². The third-order valence-corrected chi connectivity index (χ3v) is 5.56. The molecule has 1 saturated carbocycles. The fourth-order valence-corrected chi connectivity index (χ4v) is 4.02. The van der Waals surface area contributed by atoms with Gasteiger partial charge in [-0.3, -0.25) is 24.2 Å². The molecule has 1 aromatic rings. The van der Waals surface area contributed by atoms with Gasteiger partial charge in [0.1, 0.15) is 5.82 Å². The molecular formula is C18H22BrN3O3. The molecule has 134 valence electrons.